The molecule has 1 saturated heterocycles. The number of carbonyl (C=O) groups is 1. The minimum absolute atomic E-state index is 0.0123. The van der Waals surface area contributed by atoms with Crippen molar-refractivity contribution in [2.45, 2.75) is 45.1 Å². The van der Waals surface area contributed by atoms with E-state index in [4.69, 9.17) is 0 Å². The van der Waals surface area contributed by atoms with Crippen LogP contribution in [0.5, 0.6) is 5.75 Å². The number of amides is 1. The molecule has 1 amide bonds. The minimum atomic E-state index is -0.0123. The zero-order chi connectivity index (χ0) is 29.4. The van der Waals surface area contributed by atoms with E-state index in [2.05, 4.69) is 42.9 Å². The largest absolute Gasteiger partial charge is 0.506 e. The zero-order valence-electron chi connectivity index (χ0n) is 25.0. The van der Waals surface area contributed by atoms with Crippen LogP contribution >= 0.6 is 0 Å². The molecule has 1 aromatic carbocycles. The van der Waals surface area contributed by atoms with Gasteiger partial charge in [-0.2, -0.15) is 0 Å². The zero-order valence-corrected chi connectivity index (χ0v) is 25.0. The maximum Gasteiger partial charge on any atom is 0.274 e. The van der Waals surface area contributed by atoms with Gasteiger partial charge in [-0.1, -0.05) is 30.0 Å². The SMILES string of the molecule is CN(CC12CC3CC(CC(C3)C1)C2)C(=O)c1ccc(N2CCN(Cc3ccccc3C#Cc3cncc(O)c3)CC2)nn1. The average Bonchev–Trinajstić information content (AvgIpc) is 3.00. The summed E-state index contributed by atoms with van der Waals surface area (Å²) in [7, 11) is 1.95. The van der Waals surface area contributed by atoms with Crippen LogP contribution in [0.4, 0.5) is 5.82 Å². The van der Waals surface area contributed by atoms with Crippen molar-refractivity contribution in [1.82, 2.24) is 25.0 Å². The van der Waals surface area contributed by atoms with Crippen molar-refractivity contribution in [1.29, 1.82) is 0 Å². The molecule has 0 radical (unpaired) electrons. The molecule has 4 aliphatic carbocycles. The Balaban J connectivity index is 0.933. The Morgan fingerprint density at radius 3 is 2.35 bits per heavy atom. The third-order valence-corrected chi connectivity index (χ3v) is 10.1. The number of aromatic nitrogens is 3. The van der Waals surface area contributed by atoms with E-state index < -0.39 is 0 Å². The smallest absolute Gasteiger partial charge is 0.274 e. The van der Waals surface area contributed by atoms with Crippen molar-refractivity contribution in [3.63, 3.8) is 0 Å². The number of nitrogens with zero attached hydrogens (tertiary/aromatic N) is 6. The number of carbonyl (C=O) groups excluding carboxylic acids is 1. The van der Waals surface area contributed by atoms with Crippen LogP contribution in [0.1, 0.15) is 65.7 Å². The number of hydrogen-bond acceptors (Lipinski definition) is 7. The van der Waals surface area contributed by atoms with Gasteiger partial charge in [0.25, 0.3) is 5.91 Å². The first kappa shape index (κ1) is 27.8. The summed E-state index contributed by atoms with van der Waals surface area (Å²) in [6.07, 6.45) is 11.2. The number of rotatable bonds is 6. The van der Waals surface area contributed by atoms with E-state index in [0.29, 0.717) is 16.7 Å². The Kier molecular flexibility index (Phi) is 7.52. The third-order valence-electron chi connectivity index (χ3n) is 10.1. The van der Waals surface area contributed by atoms with Gasteiger partial charge in [-0.25, -0.2) is 0 Å². The van der Waals surface area contributed by atoms with Crippen molar-refractivity contribution >= 4 is 11.7 Å². The molecule has 3 aromatic rings. The van der Waals surface area contributed by atoms with E-state index in [1.165, 1.54) is 50.3 Å². The van der Waals surface area contributed by atoms with Gasteiger partial charge in [0, 0.05) is 63.6 Å². The fourth-order valence-electron chi connectivity index (χ4n) is 8.65. The summed E-state index contributed by atoms with van der Waals surface area (Å²) in [6, 6.07) is 13.6. The number of piperazine rings is 1. The third kappa shape index (κ3) is 6.09. The fraction of sp³-hybridized carbons (Fsp3) is 0.486. The molecule has 43 heavy (non-hydrogen) atoms. The van der Waals surface area contributed by atoms with Crippen LogP contribution in [0.15, 0.2) is 54.9 Å². The summed E-state index contributed by atoms with van der Waals surface area (Å²) in [5.41, 5.74) is 3.60. The molecule has 1 aliphatic heterocycles. The Hall–Kier alpha value is -3.96. The molecule has 5 fully saturated rings. The number of aromatic hydroxyl groups is 1. The van der Waals surface area contributed by atoms with Crippen LogP contribution in [-0.4, -0.2) is 75.8 Å². The van der Waals surface area contributed by atoms with E-state index in [9.17, 15) is 9.90 Å². The topological polar surface area (TPSA) is 85.7 Å². The second kappa shape index (κ2) is 11.6. The molecule has 8 heteroatoms. The lowest BCUT2D eigenvalue weighted by Gasteiger charge is -2.57. The lowest BCUT2D eigenvalue weighted by atomic mass is 9.49. The summed E-state index contributed by atoms with van der Waals surface area (Å²) in [4.78, 5) is 23.9. The molecular weight excluding hydrogens is 536 g/mol. The summed E-state index contributed by atoms with van der Waals surface area (Å²) < 4.78 is 0. The predicted octanol–water partition coefficient (Wildman–Crippen LogP) is 4.59. The van der Waals surface area contributed by atoms with Crippen LogP contribution in [-0.2, 0) is 6.54 Å². The number of benzene rings is 1. The predicted molar refractivity (Wildman–Crippen MR) is 165 cm³/mol. The van der Waals surface area contributed by atoms with Crippen molar-refractivity contribution in [2.75, 3.05) is 44.7 Å². The second-order valence-electron chi connectivity index (χ2n) is 13.5. The number of hydrogen-bond donors (Lipinski definition) is 1. The van der Waals surface area contributed by atoms with E-state index >= 15 is 0 Å². The van der Waals surface area contributed by atoms with Gasteiger partial charge in [0.15, 0.2) is 11.5 Å². The van der Waals surface area contributed by atoms with Crippen molar-refractivity contribution < 1.29 is 9.90 Å². The van der Waals surface area contributed by atoms with Gasteiger partial charge in [-0.15, -0.1) is 10.2 Å². The molecule has 1 N–H and O–H groups in total. The normalized spacial score (nSPS) is 26.2. The molecule has 3 heterocycles. The average molecular weight is 577 g/mol. The van der Waals surface area contributed by atoms with Gasteiger partial charge >= 0.3 is 0 Å². The molecule has 8 nitrogen and oxygen atoms in total. The van der Waals surface area contributed by atoms with Gasteiger partial charge in [-0.3, -0.25) is 14.7 Å². The summed E-state index contributed by atoms with van der Waals surface area (Å²) in [5, 5.41) is 18.5. The van der Waals surface area contributed by atoms with Crippen LogP contribution in [0.2, 0.25) is 0 Å². The summed E-state index contributed by atoms with van der Waals surface area (Å²) >= 11 is 0. The molecule has 2 aromatic heterocycles. The van der Waals surface area contributed by atoms with Crippen molar-refractivity contribution in [3.05, 3.63) is 77.2 Å². The molecule has 0 unspecified atom stereocenters. The van der Waals surface area contributed by atoms with E-state index in [0.717, 1.165) is 68.4 Å². The quantitative estimate of drug-likeness (QED) is 0.430. The highest BCUT2D eigenvalue weighted by molar-refractivity contribution is 5.92. The highest BCUT2D eigenvalue weighted by atomic mass is 16.3. The first-order valence-electron chi connectivity index (χ1n) is 15.7. The summed E-state index contributed by atoms with van der Waals surface area (Å²) in [6.45, 7) is 5.14. The first-order valence-corrected chi connectivity index (χ1v) is 15.7. The highest BCUT2D eigenvalue weighted by Crippen LogP contribution is 2.60. The molecule has 4 bridgehead atoms. The van der Waals surface area contributed by atoms with Crippen LogP contribution in [0.3, 0.4) is 0 Å². The van der Waals surface area contributed by atoms with Crippen LogP contribution in [0.25, 0.3) is 0 Å². The molecule has 222 valence electrons. The van der Waals surface area contributed by atoms with Gasteiger partial charge in [0.05, 0.1) is 6.20 Å². The molecule has 0 atom stereocenters. The Bertz CT molecular complexity index is 1500. The monoisotopic (exact) mass is 576 g/mol. The van der Waals surface area contributed by atoms with Gasteiger partial charge < -0.3 is 14.9 Å². The van der Waals surface area contributed by atoms with E-state index in [1.807, 2.05) is 42.3 Å². The van der Waals surface area contributed by atoms with Crippen LogP contribution in [0, 0.1) is 35.0 Å². The van der Waals surface area contributed by atoms with Gasteiger partial charge in [0.1, 0.15) is 5.75 Å². The van der Waals surface area contributed by atoms with Crippen LogP contribution < -0.4 is 4.90 Å². The van der Waals surface area contributed by atoms with Gasteiger partial charge in [0.2, 0.25) is 0 Å². The lowest BCUT2D eigenvalue weighted by Crippen LogP contribution is -2.51. The van der Waals surface area contributed by atoms with Crippen molar-refractivity contribution in [3.8, 4) is 17.6 Å². The molecular formula is C35H40N6O2. The number of pyridine rings is 1. The van der Waals surface area contributed by atoms with E-state index in [-0.39, 0.29) is 11.7 Å². The number of anilines is 1. The maximum absolute atomic E-state index is 13.3. The second-order valence-corrected chi connectivity index (χ2v) is 13.5. The minimum Gasteiger partial charge on any atom is -0.506 e. The summed E-state index contributed by atoms with van der Waals surface area (Å²) in [5.74, 6) is 9.94. The molecule has 8 rings (SSSR count). The van der Waals surface area contributed by atoms with Crippen molar-refractivity contribution in [2.24, 2.45) is 23.2 Å². The maximum atomic E-state index is 13.3. The standard InChI is InChI=1S/C35H40N6O2/c1-39(24-35-18-26-14-27(19-35)16-28(15-26)20-35)34(43)32-8-9-33(38-37-32)41-12-10-40(11-13-41)23-30-5-3-2-4-29(30)7-6-25-17-31(42)22-36-21-25/h2-5,8-9,17,21-22,26-28,42H,10-16,18-20,23-24H2,1H3. The highest BCUT2D eigenvalue weighted by Gasteiger charge is 2.51. The molecule has 4 saturated carbocycles. The molecule has 5 aliphatic rings. The lowest BCUT2D eigenvalue weighted by molar-refractivity contribution is -0.0629. The molecule has 0 spiro atoms. The Labute approximate surface area is 254 Å². The Morgan fingerprint density at radius 2 is 1.67 bits per heavy atom. The van der Waals surface area contributed by atoms with E-state index in [1.54, 1.807) is 12.3 Å². The van der Waals surface area contributed by atoms with Gasteiger partial charge in [-0.05, 0) is 91.5 Å². The fourth-order valence-corrected chi connectivity index (χ4v) is 8.65. The Morgan fingerprint density at radius 1 is 0.953 bits per heavy atom. The first-order chi connectivity index (χ1) is 20.9.